The molecule has 0 saturated heterocycles. The zero-order chi connectivity index (χ0) is 15.0. The molecule has 2 rings (SSSR count). The number of aryl methyl sites for hydroxylation is 2. The molecule has 0 aromatic carbocycles. The molecular weight excluding hydrogens is 270 g/mol. The molecule has 1 N–H and O–H groups in total. The number of nitriles is 1. The molecule has 0 bridgehead atoms. The second kappa shape index (κ2) is 5.22. The van der Waals surface area contributed by atoms with Crippen LogP contribution in [0.3, 0.4) is 0 Å². The minimum atomic E-state index is -0.121. The summed E-state index contributed by atoms with van der Waals surface area (Å²) in [5, 5.41) is 13.7. The quantitative estimate of drug-likeness (QED) is 0.916. The first kappa shape index (κ1) is 14.5. The summed E-state index contributed by atoms with van der Waals surface area (Å²) in [5.41, 5.74) is 3.63. The van der Waals surface area contributed by atoms with Gasteiger partial charge >= 0.3 is 0 Å². The van der Waals surface area contributed by atoms with Gasteiger partial charge in [-0.05, 0) is 31.9 Å². The predicted octanol–water partition coefficient (Wildman–Crippen LogP) is 3.69. The van der Waals surface area contributed by atoms with Crippen LogP contribution in [-0.2, 0) is 4.79 Å². The number of hydrogen-bond donors (Lipinski definition) is 1. The molecular formula is C15H17N3OS. The Labute approximate surface area is 122 Å². The van der Waals surface area contributed by atoms with Crippen molar-refractivity contribution in [3.63, 3.8) is 0 Å². The third-order valence-corrected chi connectivity index (χ3v) is 4.51. The van der Waals surface area contributed by atoms with Crippen LogP contribution in [0.5, 0.6) is 0 Å². The normalized spacial score (nSPS) is 10.8. The number of anilines is 1. The summed E-state index contributed by atoms with van der Waals surface area (Å²) in [4.78, 5) is 17.2. The fraction of sp³-hybridized carbons (Fsp3) is 0.400. The highest BCUT2D eigenvalue weighted by Crippen LogP contribution is 2.37. The van der Waals surface area contributed by atoms with Crippen molar-refractivity contribution < 1.29 is 4.79 Å². The van der Waals surface area contributed by atoms with E-state index in [4.69, 9.17) is 0 Å². The number of pyridine rings is 1. The Hall–Kier alpha value is -1.93. The average molecular weight is 287 g/mol. The van der Waals surface area contributed by atoms with Gasteiger partial charge in [-0.3, -0.25) is 4.79 Å². The number of amides is 1. The summed E-state index contributed by atoms with van der Waals surface area (Å²) in [6, 6.07) is 2.21. The van der Waals surface area contributed by atoms with Crippen molar-refractivity contribution in [2.45, 2.75) is 34.6 Å². The fourth-order valence-electron chi connectivity index (χ4n) is 1.99. The van der Waals surface area contributed by atoms with E-state index in [-0.39, 0.29) is 11.8 Å². The maximum Gasteiger partial charge on any atom is 0.227 e. The molecule has 0 spiro atoms. The number of carbonyl (C=O) groups excluding carboxylic acids is 1. The molecule has 0 radical (unpaired) electrons. The highest BCUT2D eigenvalue weighted by atomic mass is 32.1. The average Bonchev–Trinajstić information content (AvgIpc) is 2.73. The van der Waals surface area contributed by atoms with Crippen LogP contribution in [0.2, 0.25) is 0 Å². The topological polar surface area (TPSA) is 65.8 Å². The van der Waals surface area contributed by atoms with Gasteiger partial charge in [0.25, 0.3) is 0 Å². The van der Waals surface area contributed by atoms with E-state index in [1.54, 1.807) is 0 Å². The zero-order valence-electron chi connectivity index (χ0n) is 12.3. The molecule has 0 unspecified atom stereocenters. The number of thiophene rings is 1. The van der Waals surface area contributed by atoms with Crippen molar-refractivity contribution >= 4 is 32.5 Å². The van der Waals surface area contributed by atoms with Crippen molar-refractivity contribution in [2.24, 2.45) is 5.92 Å². The van der Waals surface area contributed by atoms with Crippen molar-refractivity contribution in [1.82, 2.24) is 4.98 Å². The van der Waals surface area contributed by atoms with Crippen molar-refractivity contribution in [2.75, 3.05) is 5.32 Å². The summed E-state index contributed by atoms with van der Waals surface area (Å²) in [6.07, 6.45) is 0. The van der Waals surface area contributed by atoms with Gasteiger partial charge < -0.3 is 5.32 Å². The zero-order valence-corrected chi connectivity index (χ0v) is 13.1. The summed E-state index contributed by atoms with van der Waals surface area (Å²) in [5.74, 6) is -0.205. The minimum absolute atomic E-state index is 0.0841. The van der Waals surface area contributed by atoms with Crippen molar-refractivity contribution in [1.29, 1.82) is 5.26 Å². The van der Waals surface area contributed by atoms with E-state index in [2.05, 4.69) is 16.4 Å². The lowest BCUT2D eigenvalue weighted by Crippen LogP contribution is -2.17. The number of hydrogen-bond acceptors (Lipinski definition) is 4. The SMILES string of the molecule is Cc1nc2sc(NC(=O)C(C)C)c(C#N)c2c(C)c1C. The Bertz CT molecular complexity index is 738. The van der Waals surface area contributed by atoms with E-state index in [0.717, 1.165) is 27.0 Å². The van der Waals surface area contributed by atoms with E-state index < -0.39 is 0 Å². The molecule has 2 aromatic rings. The monoisotopic (exact) mass is 287 g/mol. The molecule has 1 amide bonds. The van der Waals surface area contributed by atoms with E-state index in [1.807, 2.05) is 34.6 Å². The molecule has 4 nitrogen and oxygen atoms in total. The van der Waals surface area contributed by atoms with Gasteiger partial charge in [-0.15, -0.1) is 0 Å². The van der Waals surface area contributed by atoms with Crippen LogP contribution in [0, 0.1) is 38.0 Å². The lowest BCUT2D eigenvalue weighted by Gasteiger charge is -2.06. The number of carbonyl (C=O) groups is 1. The molecule has 0 atom stereocenters. The van der Waals surface area contributed by atoms with Crippen LogP contribution in [0.25, 0.3) is 10.2 Å². The third kappa shape index (κ3) is 2.27. The molecule has 0 aliphatic heterocycles. The molecule has 0 saturated carbocycles. The van der Waals surface area contributed by atoms with Gasteiger partial charge in [0.05, 0.1) is 5.56 Å². The molecule has 104 valence electrons. The van der Waals surface area contributed by atoms with Gasteiger partial charge in [-0.2, -0.15) is 5.26 Å². The van der Waals surface area contributed by atoms with Gasteiger partial charge in [-0.1, -0.05) is 25.2 Å². The van der Waals surface area contributed by atoms with Crippen LogP contribution in [0.4, 0.5) is 5.00 Å². The number of nitrogens with one attached hydrogen (secondary N) is 1. The van der Waals surface area contributed by atoms with Gasteiger partial charge in [0.2, 0.25) is 5.91 Å². The first-order chi connectivity index (χ1) is 9.36. The Morgan fingerprint density at radius 3 is 2.50 bits per heavy atom. The standard InChI is InChI=1S/C15H17N3OS/c1-7(2)13(19)18-14-11(6-16)12-9(4)8(3)10(5)17-15(12)20-14/h7H,1-5H3,(H,18,19). The maximum atomic E-state index is 11.8. The van der Waals surface area contributed by atoms with E-state index in [0.29, 0.717) is 10.6 Å². The molecule has 20 heavy (non-hydrogen) atoms. The Morgan fingerprint density at radius 2 is 1.95 bits per heavy atom. The largest absolute Gasteiger partial charge is 0.316 e. The van der Waals surface area contributed by atoms with Gasteiger partial charge in [-0.25, -0.2) is 4.98 Å². The van der Waals surface area contributed by atoms with Crippen molar-refractivity contribution in [3.8, 4) is 6.07 Å². The Morgan fingerprint density at radius 1 is 1.30 bits per heavy atom. The first-order valence-corrected chi connectivity index (χ1v) is 7.29. The van der Waals surface area contributed by atoms with Gasteiger partial charge in [0.1, 0.15) is 15.9 Å². The summed E-state index contributed by atoms with van der Waals surface area (Å²) < 4.78 is 0. The molecule has 5 heteroatoms. The predicted molar refractivity (Wildman–Crippen MR) is 82.0 cm³/mol. The minimum Gasteiger partial charge on any atom is -0.316 e. The third-order valence-electron chi connectivity index (χ3n) is 3.51. The molecule has 2 heterocycles. The van der Waals surface area contributed by atoms with E-state index >= 15 is 0 Å². The van der Waals surface area contributed by atoms with Crippen LogP contribution in [0.1, 0.15) is 36.2 Å². The van der Waals surface area contributed by atoms with Crippen LogP contribution < -0.4 is 5.32 Å². The lowest BCUT2D eigenvalue weighted by atomic mass is 10.0. The smallest absolute Gasteiger partial charge is 0.227 e. The molecule has 0 aliphatic carbocycles. The first-order valence-electron chi connectivity index (χ1n) is 6.48. The Kier molecular flexibility index (Phi) is 3.78. The van der Waals surface area contributed by atoms with E-state index in [9.17, 15) is 10.1 Å². The maximum absolute atomic E-state index is 11.8. The number of rotatable bonds is 2. The number of aromatic nitrogens is 1. The fourth-order valence-corrected chi connectivity index (χ4v) is 3.13. The van der Waals surface area contributed by atoms with Crippen LogP contribution in [-0.4, -0.2) is 10.9 Å². The lowest BCUT2D eigenvalue weighted by molar-refractivity contribution is -0.118. The number of fused-ring (bicyclic) bond motifs is 1. The van der Waals surface area contributed by atoms with Crippen LogP contribution in [0.15, 0.2) is 0 Å². The molecule has 0 fully saturated rings. The van der Waals surface area contributed by atoms with Gasteiger partial charge in [0.15, 0.2) is 0 Å². The second-order valence-electron chi connectivity index (χ2n) is 5.19. The van der Waals surface area contributed by atoms with Crippen molar-refractivity contribution in [3.05, 3.63) is 22.4 Å². The molecule has 0 aliphatic rings. The highest BCUT2D eigenvalue weighted by molar-refractivity contribution is 7.23. The van der Waals surface area contributed by atoms with Gasteiger partial charge in [0, 0.05) is 17.0 Å². The van der Waals surface area contributed by atoms with Crippen LogP contribution >= 0.6 is 11.3 Å². The summed E-state index contributed by atoms with van der Waals surface area (Å²) in [6.45, 7) is 9.61. The second-order valence-corrected chi connectivity index (χ2v) is 6.19. The molecule has 2 aromatic heterocycles. The summed E-state index contributed by atoms with van der Waals surface area (Å²) >= 11 is 1.37. The summed E-state index contributed by atoms with van der Waals surface area (Å²) in [7, 11) is 0. The highest BCUT2D eigenvalue weighted by Gasteiger charge is 2.19. The number of nitrogens with zero attached hydrogens (tertiary/aromatic N) is 2. The Balaban J connectivity index is 2.67. The van der Waals surface area contributed by atoms with E-state index in [1.165, 1.54) is 11.3 Å².